The quantitative estimate of drug-likeness (QED) is 0.629. The third-order valence-electron chi connectivity index (χ3n) is 3.51. The molecule has 0 bridgehead atoms. The fourth-order valence-corrected chi connectivity index (χ4v) is 10.4. The Balaban J connectivity index is 2.24. The molecule has 3 aromatic carbocycles. The van der Waals surface area contributed by atoms with Crippen molar-refractivity contribution in [3.8, 4) is 0 Å². The van der Waals surface area contributed by atoms with Crippen LogP contribution in [-0.4, -0.2) is 0 Å². The summed E-state index contributed by atoms with van der Waals surface area (Å²) in [6, 6.07) is 32.5. The van der Waals surface area contributed by atoms with Crippen molar-refractivity contribution in [3.63, 3.8) is 0 Å². The summed E-state index contributed by atoms with van der Waals surface area (Å²) in [7, 11) is 0. The fourth-order valence-electron chi connectivity index (χ4n) is 2.50. The molecule has 20 heavy (non-hydrogen) atoms. The maximum atomic E-state index is 4.20. The standard InChI is InChI=1S/3C6H5.BrH.Ti/c3*1-2-4-6-5-3-1;;/h3*1-5H;1H;/q;;;;+1/p-1. The molecule has 0 radical (unpaired) electrons. The van der Waals surface area contributed by atoms with Gasteiger partial charge in [0.15, 0.2) is 0 Å². The molecule has 0 nitrogen and oxygen atoms in total. The minimum absolute atomic E-state index is 1.42. The van der Waals surface area contributed by atoms with Crippen LogP contribution in [0.1, 0.15) is 0 Å². The first-order valence-electron chi connectivity index (χ1n) is 6.67. The number of hydrogen-bond donors (Lipinski definition) is 0. The van der Waals surface area contributed by atoms with Gasteiger partial charge in [-0.1, -0.05) is 0 Å². The van der Waals surface area contributed by atoms with E-state index in [1.807, 2.05) is 0 Å². The van der Waals surface area contributed by atoms with E-state index in [4.69, 9.17) is 0 Å². The van der Waals surface area contributed by atoms with Crippen LogP contribution in [0.3, 0.4) is 0 Å². The molecule has 0 atom stereocenters. The monoisotopic (exact) mass is 358 g/mol. The van der Waals surface area contributed by atoms with Gasteiger partial charge in [-0.25, -0.2) is 0 Å². The molecular weight excluding hydrogens is 344 g/mol. The first-order valence-corrected chi connectivity index (χ1v) is 12.9. The van der Waals surface area contributed by atoms with Crippen LogP contribution >= 0.6 is 13.2 Å². The van der Waals surface area contributed by atoms with E-state index >= 15 is 0 Å². The van der Waals surface area contributed by atoms with Gasteiger partial charge in [-0.15, -0.1) is 0 Å². The number of hydrogen-bond acceptors (Lipinski definition) is 0. The topological polar surface area (TPSA) is 0 Å². The first kappa shape index (κ1) is 13.8. The Labute approximate surface area is 129 Å². The zero-order chi connectivity index (χ0) is 13.8. The zero-order valence-corrected chi connectivity index (χ0v) is 14.2. The molecule has 0 spiro atoms. The van der Waals surface area contributed by atoms with Gasteiger partial charge in [0.25, 0.3) is 0 Å². The van der Waals surface area contributed by atoms with Crippen molar-refractivity contribution in [2.45, 2.75) is 0 Å². The Hall–Kier alpha value is -1.15. The zero-order valence-electron chi connectivity index (χ0n) is 11.0. The Morgan fingerprint density at radius 1 is 0.450 bits per heavy atom. The molecule has 3 rings (SSSR count). The van der Waals surface area contributed by atoms with E-state index in [0.717, 1.165) is 0 Å². The van der Waals surface area contributed by atoms with Crippen LogP contribution in [0.15, 0.2) is 91.0 Å². The van der Waals surface area contributed by atoms with Crippen molar-refractivity contribution < 1.29 is 14.5 Å². The van der Waals surface area contributed by atoms with Gasteiger partial charge in [0.05, 0.1) is 0 Å². The number of rotatable bonds is 3. The third kappa shape index (κ3) is 2.54. The predicted octanol–water partition coefficient (Wildman–Crippen LogP) is 3.43. The normalized spacial score (nSPS) is 11.2. The maximum absolute atomic E-state index is 4.20. The molecule has 0 amide bonds. The average molecular weight is 359 g/mol. The summed E-state index contributed by atoms with van der Waals surface area (Å²) in [4.78, 5) is 0. The summed E-state index contributed by atoms with van der Waals surface area (Å²) < 4.78 is 4.26. The van der Waals surface area contributed by atoms with Crippen LogP contribution in [-0.2, 0) is 14.5 Å². The van der Waals surface area contributed by atoms with Crippen molar-refractivity contribution in [3.05, 3.63) is 91.0 Å². The molecule has 0 aromatic heterocycles. The van der Waals surface area contributed by atoms with E-state index in [2.05, 4.69) is 104 Å². The molecule has 0 aliphatic heterocycles. The minimum atomic E-state index is -2.68. The van der Waals surface area contributed by atoms with E-state index in [0.29, 0.717) is 0 Å². The van der Waals surface area contributed by atoms with Gasteiger partial charge in [0, 0.05) is 0 Å². The summed E-state index contributed by atoms with van der Waals surface area (Å²) in [6.45, 7) is 0. The molecule has 0 aliphatic rings. The number of benzene rings is 3. The van der Waals surface area contributed by atoms with Crippen molar-refractivity contribution in [2.24, 2.45) is 0 Å². The molecule has 98 valence electrons. The molecule has 2 heteroatoms. The van der Waals surface area contributed by atoms with Crippen LogP contribution < -0.4 is 11.6 Å². The van der Waals surface area contributed by atoms with Gasteiger partial charge in [-0.2, -0.15) is 0 Å². The molecule has 0 saturated carbocycles. The van der Waals surface area contributed by atoms with Crippen LogP contribution in [0.2, 0.25) is 0 Å². The fraction of sp³-hybridized carbons (Fsp3) is 0. The Bertz CT molecular complexity index is 569. The molecule has 0 unspecified atom stereocenters. The summed E-state index contributed by atoms with van der Waals surface area (Å²) in [5, 5.41) is 0. The SMILES string of the molecule is [Br][Ti]([c]1ccccc1)([c]1ccccc1)[c]1ccccc1. The Morgan fingerprint density at radius 3 is 0.950 bits per heavy atom. The van der Waals surface area contributed by atoms with E-state index in [1.165, 1.54) is 11.6 Å². The van der Waals surface area contributed by atoms with Crippen molar-refractivity contribution >= 4 is 24.8 Å². The van der Waals surface area contributed by atoms with E-state index in [-0.39, 0.29) is 0 Å². The molecule has 0 N–H and O–H groups in total. The van der Waals surface area contributed by atoms with E-state index < -0.39 is 14.5 Å². The van der Waals surface area contributed by atoms with Gasteiger partial charge < -0.3 is 0 Å². The second kappa shape index (κ2) is 6.09. The summed E-state index contributed by atoms with van der Waals surface area (Å²) >= 11 is 1.52. The second-order valence-corrected chi connectivity index (χ2v) is 14.4. The Morgan fingerprint density at radius 2 is 0.700 bits per heavy atom. The Kier molecular flexibility index (Phi) is 4.21. The van der Waals surface area contributed by atoms with Gasteiger partial charge in [-0.05, 0) is 0 Å². The van der Waals surface area contributed by atoms with Crippen molar-refractivity contribution in [1.82, 2.24) is 0 Å². The second-order valence-electron chi connectivity index (χ2n) is 4.76. The van der Waals surface area contributed by atoms with Crippen LogP contribution in [0.4, 0.5) is 0 Å². The summed E-state index contributed by atoms with van der Waals surface area (Å²) in [6.07, 6.45) is 0. The van der Waals surface area contributed by atoms with Crippen molar-refractivity contribution in [2.75, 3.05) is 0 Å². The van der Waals surface area contributed by atoms with Crippen LogP contribution in [0.5, 0.6) is 0 Å². The third-order valence-corrected chi connectivity index (χ3v) is 14.5. The molecule has 3 aromatic rings. The molecule has 0 fully saturated rings. The van der Waals surface area contributed by atoms with Crippen LogP contribution in [0, 0.1) is 0 Å². The summed E-state index contributed by atoms with van der Waals surface area (Å²) in [5.74, 6) is 0. The predicted molar refractivity (Wildman–Crippen MR) is 87.2 cm³/mol. The van der Waals surface area contributed by atoms with Gasteiger partial charge in [-0.3, -0.25) is 0 Å². The molecule has 0 heterocycles. The average Bonchev–Trinajstić information content (AvgIpc) is 2.56. The van der Waals surface area contributed by atoms with E-state index in [1.54, 1.807) is 0 Å². The van der Waals surface area contributed by atoms with Gasteiger partial charge in [0.1, 0.15) is 0 Å². The summed E-state index contributed by atoms with van der Waals surface area (Å²) in [5.41, 5.74) is 0. The van der Waals surface area contributed by atoms with E-state index in [9.17, 15) is 0 Å². The van der Waals surface area contributed by atoms with Gasteiger partial charge >= 0.3 is 130 Å². The van der Waals surface area contributed by atoms with Gasteiger partial charge in [0.2, 0.25) is 0 Å². The van der Waals surface area contributed by atoms with Crippen molar-refractivity contribution in [1.29, 1.82) is 0 Å². The molecule has 0 saturated heterocycles. The van der Waals surface area contributed by atoms with Crippen LogP contribution in [0.25, 0.3) is 0 Å². The number of halogens is 1. The molecule has 0 aliphatic carbocycles. The molecular formula is C18H15BrTi. The first-order chi connectivity index (χ1) is 9.82.